The molecular formula is C17H36N4O2. The van der Waals surface area contributed by atoms with Gasteiger partial charge in [-0.15, -0.1) is 0 Å². The number of hydrogen-bond donors (Lipinski definition) is 3. The minimum absolute atomic E-state index is 0.0409. The molecule has 6 heteroatoms. The Bertz CT molecular complexity index is 368. The third kappa shape index (κ3) is 8.79. The molecule has 1 unspecified atom stereocenters. The van der Waals surface area contributed by atoms with E-state index in [1.807, 2.05) is 27.7 Å². The number of ether oxygens (including phenoxy) is 1. The van der Waals surface area contributed by atoms with Crippen LogP contribution in [0.4, 0.5) is 0 Å². The Kier molecular flexibility index (Phi) is 10.6. The molecule has 0 saturated carbocycles. The average Bonchev–Trinajstić information content (AvgIpc) is 2.49. The molecule has 0 aromatic heterocycles. The highest BCUT2D eigenvalue weighted by Crippen LogP contribution is 2.13. The highest BCUT2D eigenvalue weighted by molar-refractivity contribution is 5.84. The number of guanidine groups is 1. The smallest absolute Gasteiger partial charge is 0.227 e. The second-order valence-electron chi connectivity index (χ2n) is 6.62. The summed E-state index contributed by atoms with van der Waals surface area (Å²) in [6, 6.07) is 0. The molecule has 23 heavy (non-hydrogen) atoms. The van der Waals surface area contributed by atoms with Gasteiger partial charge >= 0.3 is 0 Å². The summed E-state index contributed by atoms with van der Waals surface area (Å²) >= 11 is 0. The van der Waals surface area contributed by atoms with Gasteiger partial charge in [0.05, 0.1) is 11.5 Å². The van der Waals surface area contributed by atoms with Crippen LogP contribution in [-0.2, 0) is 9.53 Å². The number of nitrogens with zero attached hydrogens (tertiary/aromatic N) is 1. The minimum Gasteiger partial charge on any atom is -0.378 e. The van der Waals surface area contributed by atoms with Crippen LogP contribution >= 0.6 is 0 Å². The summed E-state index contributed by atoms with van der Waals surface area (Å²) in [5, 5.41) is 9.36. The molecule has 6 nitrogen and oxygen atoms in total. The molecule has 3 N–H and O–H groups in total. The first-order chi connectivity index (χ1) is 10.8. The maximum Gasteiger partial charge on any atom is 0.227 e. The number of carbonyl (C=O) groups excluding carboxylic acids is 1. The molecule has 0 bridgehead atoms. The third-order valence-electron chi connectivity index (χ3n) is 3.72. The molecule has 0 spiro atoms. The van der Waals surface area contributed by atoms with E-state index in [4.69, 9.17) is 4.74 Å². The number of aliphatic imine (C=N–C) groups is 1. The molecular weight excluding hydrogens is 292 g/mol. The molecule has 0 aliphatic heterocycles. The predicted octanol–water partition coefficient (Wildman–Crippen LogP) is 1.76. The summed E-state index contributed by atoms with van der Waals surface area (Å²) in [4.78, 5) is 16.2. The molecule has 1 amide bonds. The molecule has 0 heterocycles. The second kappa shape index (κ2) is 11.3. The van der Waals surface area contributed by atoms with Crippen LogP contribution in [0.15, 0.2) is 4.99 Å². The van der Waals surface area contributed by atoms with E-state index in [9.17, 15) is 4.79 Å². The van der Waals surface area contributed by atoms with E-state index in [1.165, 1.54) is 0 Å². The van der Waals surface area contributed by atoms with Gasteiger partial charge in [0, 0.05) is 33.3 Å². The zero-order valence-electron chi connectivity index (χ0n) is 16.0. The van der Waals surface area contributed by atoms with E-state index in [-0.39, 0.29) is 12.0 Å². The van der Waals surface area contributed by atoms with Gasteiger partial charge in [-0.1, -0.05) is 13.8 Å². The van der Waals surface area contributed by atoms with Crippen LogP contribution in [0.2, 0.25) is 0 Å². The Morgan fingerprint density at radius 3 is 2.30 bits per heavy atom. The quantitative estimate of drug-likeness (QED) is 0.422. The van der Waals surface area contributed by atoms with Crippen molar-refractivity contribution in [3.05, 3.63) is 0 Å². The van der Waals surface area contributed by atoms with Gasteiger partial charge < -0.3 is 20.7 Å². The van der Waals surface area contributed by atoms with E-state index in [2.05, 4.69) is 34.8 Å². The molecule has 0 aliphatic carbocycles. The number of carbonyl (C=O) groups is 1. The Morgan fingerprint density at radius 1 is 1.17 bits per heavy atom. The van der Waals surface area contributed by atoms with Gasteiger partial charge in [-0.05, 0) is 40.0 Å². The lowest BCUT2D eigenvalue weighted by atomic mass is 9.92. The minimum atomic E-state index is -0.487. The standard InChI is InChI=1S/C17H36N4O2/c1-8-19-15(22)17(5,6)12-21-16(18-7)20-11-10-14(13(3)4)23-9-2/h13-14H,8-12H2,1-7H3,(H,19,22)(H2,18,20,21). The topological polar surface area (TPSA) is 74.8 Å². The molecule has 0 radical (unpaired) electrons. The van der Waals surface area contributed by atoms with Crippen molar-refractivity contribution < 1.29 is 9.53 Å². The van der Waals surface area contributed by atoms with E-state index in [1.54, 1.807) is 7.05 Å². The lowest BCUT2D eigenvalue weighted by Crippen LogP contribution is -2.48. The first-order valence-electron chi connectivity index (χ1n) is 8.62. The molecule has 0 saturated heterocycles. The van der Waals surface area contributed by atoms with Gasteiger partial charge in [0.15, 0.2) is 5.96 Å². The van der Waals surface area contributed by atoms with Crippen molar-refractivity contribution in [2.45, 2.75) is 54.1 Å². The summed E-state index contributed by atoms with van der Waals surface area (Å²) in [6.07, 6.45) is 1.17. The number of nitrogens with one attached hydrogen (secondary N) is 3. The summed E-state index contributed by atoms with van der Waals surface area (Å²) in [5.74, 6) is 1.24. The molecule has 0 aromatic carbocycles. The van der Waals surface area contributed by atoms with Gasteiger partial charge in [-0.2, -0.15) is 0 Å². The maximum atomic E-state index is 12.0. The fraction of sp³-hybridized carbons (Fsp3) is 0.882. The van der Waals surface area contributed by atoms with Crippen molar-refractivity contribution in [3.8, 4) is 0 Å². The van der Waals surface area contributed by atoms with Crippen molar-refractivity contribution in [2.75, 3.05) is 33.3 Å². The number of amides is 1. The van der Waals surface area contributed by atoms with Crippen LogP contribution in [0.1, 0.15) is 48.0 Å². The van der Waals surface area contributed by atoms with Crippen molar-refractivity contribution in [2.24, 2.45) is 16.3 Å². The van der Waals surface area contributed by atoms with Gasteiger partial charge in [-0.3, -0.25) is 9.79 Å². The Morgan fingerprint density at radius 2 is 1.83 bits per heavy atom. The van der Waals surface area contributed by atoms with Crippen LogP contribution in [0.3, 0.4) is 0 Å². The molecule has 0 aromatic rings. The zero-order chi connectivity index (χ0) is 17.9. The fourth-order valence-corrected chi connectivity index (χ4v) is 2.16. The highest BCUT2D eigenvalue weighted by Gasteiger charge is 2.27. The normalized spacial score (nSPS) is 13.8. The Labute approximate surface area is 141 Å². The van der Waals surface area contributed by atoms with Crippen molar-refractivity contribution >= 4 is 11.9 Å². The van der Waals surface area contributed by atoms with Gasteiger partial charge in [-0.25, -0.2) is 0 Å². The lowest BCUT2D eigenvalue weighted by molar-refractivity contribution is -0.128. The lowest BCUT2D eigenvalue weighted by Gasteiger charge is -2.25. The van der Waals surface area contributed by atoms with E-state index >= 15 is 0 Å². The fourth-order valence-electron chi connectivity index (χ4n) is 2.16. The predicted molar refractivity (Wildman–Crippen MR) is 96.7 cm³/mol. The van der Waals surface area contributed by atoms with Crippen LogP contribution in [0.25, 0.3) is 0 Å². The van der Waals surface area contributed by atoms with Crippen LogP contribution in [0, 0.1) is 11.3 Å². The first kappa shape index (κ1) is 21.7. The van der Waals surface area contributed by atoms with Crippen molar-refractivity contribution in [1.29, 1.82) is 0 Å². The van der Waals surface area contributed by atoms with Gasteiger partial charge in [0.1, 0.15) is 0 Å². The summed E-state index contributed by atoms with van der Waals surface area (Å²) in [6.45, 7) is 14.8. The van der Waals surface area contributed by atoms with E-state index in [0.717, 1.165) is 19.6 Å². The van der Waals surface area contributed by atoms with Gasteiger partial charge in [0.25, 0.3) is 0 Å². The zero-order valence-corrected chi connectivity index (χ0v) is 16.0. The highest BCUT2D eigenvalue weighted by atomic mass is 16.5. The third-order valence-corrected chi connectivity index (χ3v) is 3.72. The monoisotopic (exact) mass is 328 g/mol. The first-order valence-corrected chi connectivity index (χ1v) is 8.62. The maximum absolute atomic E-state index is 12.0. The molecule has 0 fully saturated rings. The van der Waals surface area contributed by atoms with Crippen molar-refractivity contribution in [3.63, 3.8) is 0 Å². The summed E-state index contributed by atoms with van der Waals surface area (Å²) in [7, 11) is 1.73. The van der Waals surface area contributed by atoms with Crippen LogP contribution < -0.4 is 16.0 Å². The second-order valence-corrected chi connectivity index (χ2v) is 6.62. The molecule has 0 aliphatic rings. The largest absolute Gasteiger partial charge is 0.378 e. The Balaban J connectivity index is 4.29. The average molecular weight is 329 g/mol. The summed E-state index contributed by atoms with van der Waals surface area (Å²) in [5.41, 5.74) is -0.487. The molecule has 1 atom stereocenters. The van der Waals surface area contributed by atoms with Crippen LogP contribution in [-0.4, -0.2) is 51.3 Å². The number of hydrogen-bond acceptors (Lipinski definition) is 3. The Hall–Kier alpha value is -1.30. The number of rotatable bonds is 10. The molecule has 136 valence electrons. The van der Waals surface area contributed by atoms with Gasteiger partial charge in [0.2, 0.25) is 5.91 Å². The van der Waals surface area contributed by atoms with E-state index in [0.29, 0.717) is 25.0 Å². The van der Waals surface area contributed by atoms with E-state index < -0.39 is 5.41 Å². The summed E-state index contributed by atoms with van der Waals surface area (Å²) < 4.78 is 5.74. The van der Waals surface area contributed by atoms with Crippen molar-refractivity contribution in [1.82, 2.24) is 16.0 Å². The SMILES string of the molecule is CCNC(=O)C(C)(C)CNC(=NC)NCCC(OCC)C(C)C. The molecule has 0 rings (SSSR count). The van der Waals surface area contributed by atoms with Crippen LogP contribution in [0.5, 0.6) is 0 Å².